The van der Waals surface area contributed by atoms with Crippen molar-refractivity contribution in [3.8, 4) is 5.75 Å². The van der Waals surface area contributed by atoms with Crippen LogP contribution in [0.2, 0.25) is 0 Å². The molecule has 0 saturated carbocycles. The topological polar surface area (TPSA) is 77.5 Å². The standard InChI is InChI=1S/C20H16F2N2O4/c1-12(18(25)24-15-9-2-3-10-16(15)28-20(21)22)27-19(26)14-8-4-6-13-7-5-11-23-17(13)14/h2-12,20H,1H3,(H,24,25)/t12-/m0/s1. The number of rotatable bonds is 6. The Morgan fingerprint density at radius 3 is 2.57 bits per heavy atom. The van der Waals surface area contributed by atoms with Crippen molar-refractivity contribution in [1.82, 2.24) is 4.98 Å². The fraction of sp³-hybridized carbons (Fsp3) is 0.150. The average Bonchev–Trinajstić information content (AvgIpc) is 2.68. The van der Waals surface area contributed by atoms with Crippen molar-refractivity contribution in [3.05, 3.63) is 66.4 Å². The fourth-order valence-electron chi connectivity index (χ4n) is 2.55. The third kappa shape index (κ3) is 4.40. The maximum absolute atomic E-state index is 12.5. The van der Waals surface area contributed by atoms with E-state index in [0.29, 0.717) is 5.52 Å². The highest BCUT2D eigenvalue weighted by Gasteiger charge is 2.22. The van der Waals surface area contributed by atoms with E-state index < -0.39 is 24.6 Å². The van der Waals surface area contributed by atoms with Crippen molar-refractivity contribution in [2.45, 2.75) is 19.6 Å². The number of fused-ring (bicyclic) bond motifs is 1. The molecule has 0 aliphatic heterocycles. The second-order valence-corrected chi connectivity index (χ2v) is 5.79. The Morgan fingerprint density at radius 1 is 1.04 bits per heavy atom. The van der Waals surface area contributed by atoms with Gasteiger partial charge in [0.1, 0.15) is 5.75 Å². The summed E-state index contributed by atoms with van der Waals surface area (Å²) in [5, 5.41) is 3.18. The molecule has 3 rings (SSSR count). The first-order valence-electron chi connectivity index (χ1n) is 8.35. The van der Waals surface area contributed by atoms with Crippen LogP contribution >= 0.6 is 0 Å². The summed E-state index contributed by atoms with van der Waals surface area (Å²) < 4.78 is 34.5. The number of amides is 1. The maximum Gasteiger partial charge on any atom is 0.387 e. The van der Waals surface area contributed by atoms with Crippen LogP contribution in [0.5, 0.6) is 5.75 Å². The van der Waals surface area contributed by atoms with Crippen molar-refractivity contribution in [1.29, 1.82) is 0 Å². The number of benzene rings is 2. The van der Waals surface area contributed by atoms with E-state index in [-0.39, 0.29) is 17.0 Å². The number of nitrogens with zero attached hydrogens (tertiary/aromatic N) is 1. The van der Waals surface area contributed by atoms with Crippen LogP contribution in [0.15, 0.2) is 60.8 Å². The molecule has 1 N–H and O–H groups in total. The lowest BCUT2D eigenvalue weighted by Gasteiger charge is -2.16. The van der Waals surface area contributed by atoms with E-state index in [1.807, 2.05) is 0 Å². The van der Waals surface area contributed by atoms with Crippen molar-refractivity contribution >= 4 is 28.5 Å². The Labute approximate surface area is 159 Å². The number of alkyl halides is 2. The van der Waals surface area contributed by atoms with Crippen LogP contribution in [-0.4, -0.2) is 29.6 Å². The minimum Gasteiger partial charge on any atom is -0.449 e. The third-order valence-electron chi connectivity index (χ3n) is 3.87. The Kier molecular flexibility index (Phi) is 5.78. The lowest BCUT2D eigenvalue weighted by atomic mass is 10.1. The molecule has 0 fully saturated rings. The second-order valence-electron chi connectivity index (χ2n) is 5.79. The quantitative estimate of drug-likeness (QED) is 0.648. The summed E-state index contributed by atoms with van der Waals surface area (Å²) in [5.74, 6) is -1.60. The van der Waals surface area contributed by atoms with Gasteiger partial charge in [-0.05, 0) is 31.2 Å². The van der Waals surface area contributed by atoms with E-state index in [2.05, 4.69) is 15.0 Å². The molecule has 1 amide bonds. The number of ether oxygens (including phenoxy) is 2. The zero-order chi connectivity index (χ0) is 20.1. The molecule has 0 aliphatic carbocycles. The molecule has 0 spiro atoms. The number of anilines is 1. The lowest BCUT2D eigenvalue weighted by molar-refractivity contribution is -0.123. The third-order valence-corrected chi connectivity index (χ3v) is 3.87. The molecule has 1 atom stereocenters. The van der Waals surface area contributed by atoms with Gasteiger partial charge in [0.05, 0.1) is 16.8 Å². The number of hydrogen-bond acceptors (Lipinski definition) is 5. The molecular formula is C20H16F2N2O4. The van der Waals surface area contributed by atoms with Gasteiger partial charge in [0, 0.05) is 11.6 Å². The van der Waals surface area contributed by atoms with Gasteiger partial charge in [0.2, 0.25) is 0 Å². The molecule has 0 bridgehead atoms. The lowest BCUT2D eigenvalue weighted by Crippen LogP contribution is -2.30. The highest BCUT2D eigenvalue weighted by Crippen LogP contribution is 2.26. The molecule has 0 unspecified atom stereocenters. The van der Waals surface area contributed by atoms with Gasteiger partial charge in [0.15, 0.2) is 6.10 Å². The number of nitrogens with one attached hydrogen (secondary N) is 1. The van der Waals surface area contributed by atoms with Gasteiger partial charge in [-0.15, -0.1) is 0 Å². The molecular weight excluding hydrogens is 370 g/mol. The molecule has 0 saturated heterocycles. The highest BCUT2D eigenvalue weighted by atomic mass is 19.3. The Hall–Kier alpha value is -3.55. The SMILES string of the molecule is C[C@H](OC(=O)c1cccc2cccnc12)C(=O)Nc1ccccc1OC(F)F. The van der Waals surface area contributed by atoms with E-state index >= 15 is 0 Å². The van der Waals surface area contributed by atoms with E-state index in [4.69, 9.17) is 4.74 Å². The van der Waals surface area contributed by atoms with Crippen molar-refractivity contribution in [2.24, 2.45) is 0 Å². The number of para-hydroxylation sites is 3. The molecule has 1 aromatic heterocycles. The van der Waals surface area contributed by atoms with Crippen molar-refractivity contribution in [2.75, 3.05) is 5.32 Å². The summed E-state index contributed by atoms with van der Waals surface area (Å²) in [5.41, 5.74) is 0.722. The maximum atomic E-state index is 12.5. The van der Waals surface area contributed by atoms with Crippen LogP contribution in [0, 0.1) is 0 Å². The van der Waals surface area contributed by atoms with Gasteiger partial charge in [-0.2, -0.15) is 8.78 Å². The summed E-state index contributed by atoms with van der Waals surface area (Å²) in [6, 6.07) is 14.3. The molecule has 8 heteroatoms. The van der Waals surface area contributed by atoms with Crippen molar-refractivity contribution in [3.63, 3.8) is 0 Å². The first kappa shape index (κ1) is 19.2. The summed E-state index contributed by atoms with van der Waals surface area (Å²) in [6.45, 7) is -1.66. The van der Waals surface area contributed by atoms with Crippen LogP contribution in [0.3, 0.4) is 0 Å². The minimum absolute atomic E-state index is 0.0440. The van der Waals surface area contributed by atoms with E-state index in [1.54, 1.807) is 42.6 Å². The molecule has 28 heavy (non-hydrogen) atoms. The summed E-state index contributed by atoms with van der Waals surface area (Å²) in [4.78, 5) is 29.0. The first-order valence-corrected chi connectivity index (χ1v) is 8.35. The Morgan fingerprint density at radius 2 is 1.79 bits per heavy atom. The summed E-state index contributed by atoms with van der Waals surface area (Å²) in [6.07, 6.45) is 0.376. The molecule has 144 valence electrons. The highest BCUT2D eigenvalue weighted by molar-refractivity contribution is 6.04. The van der Waals surface area contributed by atoms with Gasteiger partial charge in [0.25, 0.3) is 5.91 Å². The van der Waals surface area contributed by atoms with Gasteiger partial charge in [-0.1, -0.05) is 30.3 Å². The Bertz CT molecular complexity index is 1000. The number of halogens is 2. The average molecular weight is 386 g/mol. The Balaban J connectivity index is 1.72. The van der Waals surface area contributed by atoms with E-state index in [0.717, 1.165) is 5.39 Å². The number of aromatic nitrogens is 1. The molecule has 0 aliphatic rings. The van der Waals surface area contributed by atoms with Crippen LogP contribution in [0.1, 0.15) is 17.3 Å². The van der Waals surface area contributed by atoms with Gasteiger partial charge >= 0.3 is 12.6 Å². The van der Waals surface area contributed by atoms with Crippen LogP contribution in [0.25, 0.3) is 10.9 Å². The van der Waals surface area contributed by atoms with E-state index in [1.165, 1.54) is 25.1 Å². The monoisotopic (exact) mass is 386 g/mol. The molecule has 1 heterocycles. The van der Waals surface area contributed by atoms with Gasteiger partial charge in [-0.3, -0.25) is 9.78 Å². The number of carbonyl (C=O) groups excluding carboxylic acids is 2. The zero-order valence-electron chi connectivity index (χ0n) is 14.8. The molecule has 2 aromatic carbocycles. The predicted octanol–water partition coefficient (Wildman–Crippen LogP) is 4.02. The van der Waals surface area contributed by atoms with Gasteiger partial charge < -0.3 is 14.8 Å². The van der Waals surface area contributed by atoms with Crippen LogP contribution < -0.4 is 10.1 Å². The molecule has 0 radical (unpaired) electrons. The van der Waals surface area contributed by atoms with E-state index in [9.17, 15) is 18.4 Å². The predicted molar refractivity (Wildman–Crippen MR) is 98.3 cm³/mol. The van der Waals surface area contributed by atoms with Crippen LogP contribution in [-0.2, 0) is 9.53 Å². The molecule has 3 aromatic rings. The number of hydrogen-bond donors (Lipinski definition) is 1. The number of pyridine rings is 1. The number of esters is 1. The summed E-state index contributed by atoms with van der Waals surface area (Å²) >= 11 is 0. The van der Waals surface area contributed by atoms with Crippen molar-refractivity contribution < 1.29 is 27.8 Å². The second kappa shape index (κ2) is 8.43. The first-order chi connectivity index (χ1) is 13.5. The normalized spacial score (nSPS) is 11.9. The largest absolute Gasteiger partial charge is 0.449 e. The number of carbonyl (C=O) groups is 2. The minimum atomic E-state index is -3.04. The van der Waals surface area contributed by atoms with Crippen LogP contribution in [0.4, 0.5) is 14.5 Å². The van der Waals surface area contributed by atoms with Gasteiger partial charge in [-0.25, -0.2) is 4.79 Å². The summed E-state index contributed by atoms with van der Waals surface area (Å²) in [7, 11) is 0. The fourth-order valence-corrected chi connectivity index (χ4v) is 2.55. The molecule has 6 nitrogen and oxygen atoms in total. The zero-order valence-corrected chi connectivity index (χ0v) is 14.8. The smallest absolute Gasteiger partial charge is 0.387 e.